The first-order valence-electron chi connectivity index (χ1n) is 7.85. The first-order chi connectivity index (χ1) is 11.2. The van der Waals surface area contributed by atoms with Crippen LogP contribution in [-0.2, 0) is 0 Å². The summed E-state index contributed by atoms with van der Waals surface area (Å²) in [5.41, 5.74) is 2.26. The summed E-state index contributed by atoms with van der Waals surface area (Å²) in [5.74, 6) is 1.68. The fourth-order valence-electron chi connectivity index (χ4n) is 3.02. The summed E-state index contributed by atoms with van der Waals surface area (Å²) >= 11 is 3.52. The molecule has 0 spiro atoms. The molecule has 1 saturated heterocycles. The van der Waals surface area contributed by atoms with E-state index in [-0.39, 0.29) is 0 Å². The monoisotopic (exact) mass is 370 g/mol. The highest BCUT2D eigenvalue weighted by Gasteiger charge is 2.24. The van der Waals surface area contributed by atoms with Crippen molar-refractivity contribution in [3.05, 3.63) is 52.5 Å². The second kappa shape index (κ2) is 7.06. The van der Waals surface area contributed by atoms with Crippen molar-refractivity contribution in [3.8, 4) is 17.6 Å². The fraction of sp³-hybridized carbons (Fsp3) is 0.316. The van der Waals surface area contributed by atoms with Crippen molar-refractivity contribution in [2.45, 2.75) is 32.2 Å². The number of hydrogen-bond acceptors (Lipinski definition) is 3. The lowest BCUT2D eigenvalue weighted by Crippen LogP contribution is -2.28. The van der Waals surface area contributed by atoms with E-state index in [1.54, 1.807) is 0 Å². The van der Waals surface area contributed by atoms with Crippen molar-refractivity contribution < 1.29 is 4.74 Å². The van der Waals surface area contributed by atoms with Crippen LogP contribution < -0.4 is 9.64 Å². The zero-order valence-corrected chi connectivity index (χ0v) is 14.7. The van der Waals surface area contributed by atoms with Gasteiger partial charge in [0.1, 0.15) is 11.5 Å². The van der Waals surface area contributed by atoms with Crippen LogP contribution in [0.4, 0.5) is 5.69 Å². The van der Waals surface area contributed by atoms with Crippen LogP contribution in [0, 0.1) is 18.3 Å². The summed E-state index contributed by atoms with van der Waals surface area (Å²) in [6.07, 6.45) is 2.85. The van der Waals surface area contributed by atoms with Gasteiger partial charge in [-0.2, -0.15) is 5.26 Å². The Balaban J connectivity index is 1.75. The maximum atomic E-state index is 8.95. The predicted molar refractivity (Wildman–Crippen MR) is 96.0 cm³/mol. The Hall–Kier alpha value is -1.99. The molecule has 1 heterocycles. The van der Waals surface area contributed by atoms with Gasteiger partial charge in [-0.25, -0.2) is 0 Å². The van der Waals surface area contributed by atoms with E-state index in [0.29, 0.717) is 12.5 Å². The minimum Gasteiger partial charge on any atom is -0.457 e. The summed E-state index contributed by atoms with van der Waals surface area (Å²) < 4.78 is 7.03. The molecule has 1 aliphatic rings. The van der Waals surface area contributed by atoms with Gasteiger partial charge in [0, 0.05) is 28.3 Å². The van der Waals surface area contributed by atoms with Gasteiger partial charge in [-0.15, -0.1) is 0 Å². The number of halogens is 1. The van der Waals surface area contributed by atoms with E-state index in [0.717, 1.165) is 40.9 Å². The summed E-state index contributed by atoms with van der Waals surface area (Å²) in [4.78, 5) is 2.33. The molecule has 1 fully saturated rings. The molecule has 3 nitrogen and oxygen atoms in total. The van der Waals surface area contributed by atoms with E-state index >= 15 is 0 Å². The standard InChI is InChI=1S/C19H19BrN2O/c1-14-18(20)5-2-6-19(14)23-17-9-7-16(8-10-17)22-13-3-4-15(22)11-12-21/h2,5-10,15H,3-4,11,13H2,1H3/t15-/m0/s1. The van der Waals surface area contributed by atoms with Gasteiger partial charge in [0.25, 0.3) is 0 Å². The molecule has 0 saturated carbocycles. The van der Waals surface area contributed by atoms with E-state index in [1.807, 2.05) is 37.3 Å². The SMILES string of the molecule is Cc1c(Br)cccc1Oc1ccc(N2CCC[C@H]2CC#N)cc1. The van der Waals surface area contributed by atoms with Crippen molar-refractivity contribution in [2.24, 2.45) is 0 Å². The number of hydrogen-bond donors (Lipinski definition) is 0. The predicted octanol–water partition coefficient (Wildman–Crippen LogP) is 5.43. The quantitative estimate of drug-likeness (QED) is 0.719. The minimum atomic E-state index is 0.346. The average molecular weight is 371 g/mol. The molecule has 2 aromatic rings. The van der Waals surface area contributed by atoms with Crippen molar-refractivity contribution in [1.82, 2.24) is 0 Å². The van der Waals surface area contributed by atoms with Crippen molar-refractivity contribution in [3.63, 3.8) is 0 Å². The van der Waals surface area contributed by atoms with Gasteiger partial charge in [0.2, 0.25) is 0 Å². The lowest BCUT2D eigenvalue weighted by atomic mass is 10.1. The number of nitrogens with zero attached hydrogens (tertiary/aromatic N) is 2. The molecule has 118 valence electrons. The molecule has 0 aromatic heterocycles. The molecule has 0 unspecified atom stereocenters. The average Bonchev–Trinajstić information content (AvgIpc) is 3.01. The largest absolute Gasteiger partial charge is 0.457 e. The Labute approximate surface area is 145 Å². The smallest absolute Gasteiger partial charge is 0.131 e. The van der Waals surface area contributed by atoms with Gasteiger partial charge >= 0.3 is 0 Å². The lowest BCUT2D eigenvalue weighted by molar-refractivity contribution is 0.478. The molecule has 0 amide bonds. The zero-order valence-electron chi connectivity index (χ0n) is 13.1. The maximum absolute atomic E-state index is 8.95. The molecule has 23 heavy (non-hydrogen) atoms. The Morgan fingerprint density at radius 3 is 2.78 bits per heavy atom. The van der Waals surface area contributed by atoms with E-state index in [1.165, 1.54) is 5.69 Å². The Bertz CT molecular complexity index is 721. The van der Waals surface area contributed by atoms with Crippen LogP contribution in [0.1, 0.15) is 24.8 Å². The normalized spacial score (nSPS) is 17.1. The summed E-state index contributed by atoms with van der Waals surface area (Å²) in [6, 6.07) is 16.7. The van der Waals surface area contributed by atoms with Gasteiger partial charge in [0.05, 0.1) is 12.5 Å². The molecule has 3 rings (SSSR count). The van der Waals surface area contributed by atoms with Crippen LogP contribution in [0.5, 0.6) is 11.5 Å². The van der Waals surface area contributed by atoms with Crippen LogP contribution in [0.25, 0.3) is 0 Å². The van der Waals surface area contributed by atoms with Gasteiger partial charge in [-0.05, 0) is 56.2 Å². The molecule has 0 N–H and O–H groups in total. The third kappa shape index (κ3) is 3.51. The molecule has 0 radical (unpaired) electrons. The minimum absolute atomic E-state index is 0.346. The number of ether oxygens (including phenoxy) is 1. The highest BCUT2D eigenvalue weighted by atomic mass is 79.9. The van der Waals surface area contributed by atoms with Gasteiger partial charge in [0.15, 0.2) is 0 Å². The van der Waals surface area contributed by atoms with E-state index in [4.69, 9.17) is 10.00 Å². The molecule has 2 aromatic carbocycles. The van der Waals surface area contributed by atoms with Crippen LogP contribution in [0.2, 0.25) is 0 Å². The third-order valence-corrected chi connectivity index (χ3v) is 5.18. The molecular weight excluding hydrogens is 352 g/mol. The van der Waals surface area contributed by atoms with Crippen LogP contribution in [0.15, 0.2) is 46.9 Å². The molecule has 0 aliphatic carbocycles. The first-order valence-corrected chi connectivity index (χ1v) is 8.65. The third-order valence-electron chi connectivity index (χ3n) is 4.32. The topological polar surface area (TPSA) is 36.3 Å². The Morgan fingerprint density at radius 1 is 1.26 bits per heavy atom. The van der Waals surface area contributed by atoms with Crippen LogP contribution in [0.3, 0.4) is 0 Å². The van der Waals surface area contributed by atoms with Crippen LogP contribution >= 0.6 is 15.9 Å². The van der Waals surface area contributed by atoms with Crippen LogP contribution in [-0.4, -0.2) is 12.6 Å². The number of anilines is 1. The first kappa shape index (κ1) is 15.9. The molecule has 1 aliphatic heterocycles. The summed E-state index contributed by atoms with van der Waals surface area (Å²) in [5, 5.41) is 8.95. The Kier molecular flexibility index (Phi) is 4.88. The number of nitriles is 1. The summed E-state index contributed by atoms with van der Waals surface area (Å²) in [7, 11) is 0. The molecular formula is C19H19BrN2O. The number of benzene rings is 2. The second-order valence-corrected chi connectivity index (χ2v) is 6.66. The zero-order chi connectivity index (χ0) is 16.2. The second-order valence-electron chi connectivity index (χ2n) is 5.81. The van der Waals surface area contributed by atoms with E-state index in [2.05, 4.69) is 39.0 Å². The van der Waals surface area contributed by atoms with Crippen molar-refractivity contribution >= 4 is 21.6 Å². The molecule has 4 heteroatoms. The van der Waals surface area contributed by atoms with E-state index in [9.17, 15) is 0 Å². The fourth-order valence-corrected chi connectivity index (χ4v) is 3.37. The lowest BCUT2D eigenvalue weighted by Gasteiger charge is -2.25. The highest BCUT2D eigenvalue weighted by molar-refractivity contribution is 9.10. The van der Waals surface area contributed by atoms with Crippen molar-refractivity contribution in [1.29, 1.82) is 5.26 Å². The van der Waals surface area contributed by atoms with E-state index < -0.39 is 0 Å². The number of rotatable bonds is 4. The van der Waals surface area contributed by atoms with Gasteiger partial charge in [-0.1, -0.05) is 22.0 Å². The molecule has 1 atom stereocenters. The maximum Gasteiger partial charge on any atom is 0.131 e. The van der Waals surface area contributed by atoms with Gasteiger partial charge < -0.3 is 9.64 Å². The highest BCUT2D eigenvalue weighted by Crippen LogP contribution is 2.32. The van der Waals surface area contributed by atoms with Crippen molar-refractivity contribution in [2.75, 3.05) is 11.4 Å². The molecule has 0 bridgehead atoms. The van der Waals surface area contributed by atoms with Gasteiger partial charge in [-0.3, -0.25) is 0 Å². The summed E-state index contributed by atoms with van der Waals surface area (Å²) in [6.45, 7) is 3.06. The Morgan fingerprint density at radius 2 is 2.04 bits per heavy atom.